The smallest absolute Gasteiger partial charge is 0.138 e. The van der Waals surface area contributed by atoms with Crippen molar-refractivity contribution in [1.29, 1.82) is 0 Å². The third-order valence-corrected chi connectivity index (χ3v) is 7.10. The molecule has 5 rings (SSSR count). The summed E-state index contributed by atoms with van der Waals surface area (Å²) in [5.41, 5.74) is 5.54. The molecule has 186 valence electrons. The van der Waals surface area contributed by atoms with Gasteiger partial charge in [0.2, 0.25) is 0 Å². The number of piperidine rings is 1. The molecule has 3 nitrogen and oxygen atoms in total. The van der Waals surface area contributed by atoms with Crippen LogP contribution in [0.3, 0.4) is 0 Å². The number of rotatable bonds is 6. The van der Waals surface area contributed by atoms with Crippen molar-refractivity contribution in [3.8, 4) is 28.0 Å². The van der Waals surface area contributed by atoms with Crippen molar-refractivity contribution in [2.24, 2.45) is 0 Å². The molecule has 1 aliphatic rings. The lowest BCUT2D eigenvalue weighted by molar-refractivity contribution is 0.271. The van der Waals surface area contributed by atoms with Gasteiger partial charge in [-0.3, -0.25) is 4.98 Å². The number of hydrogen-bond acceptors (Lipinski definition) is 3. The van der Waals surface area contributed by atoms with Gasteiger partial charge in [-0.1, -0.05) is 47.3 Å². The van der Waals surface area contributed by atoms with E-state index in [2.05, 4.69) is 42.3 Å². The van der Waals surface area contributed by atoms with E-state index < -0.39 is 11.6 Å². The molecule has 1 saturated heterocycles. The number of fused-ring (bicyclic) bond motifs is 1. The minimum atomic E-state index is -0.666. The number of halogens is 3. The van der Waals surface area contributed by atoms with E-state index >= 15 is 0 Å². The SMILES string of the molecule is Cc1cc(C)cc(-c2cnc3cc(Cl)c(-c4ccc(F)cc4F)cc3c2OCCC2CCCCN2)c1. The van der Waals surface area contributed by atoms with Crippen molar-refractivity contribution >= 4 is 22.5 Å². The Morgan fingerprint density at radius 1 is 0.972 bits per heavy atom. The number of nitrogens with zero attached hydrogens (tertiary/aromatic N) is 1. The van der Waals surface area contributed by atoms with E-state index in [1.54, 1.807) is 12.1 Å². The van der Waals surface area contributed by atoms with E-state index in [0.717, 1.165) is 53.1 Å². The number of hydrogen-bond donors (Lipinski definition) is 1. The Morgan fingerprint density at radius 3 is 2.50 bits per heavy atom. The van der Waals surface area contributed by atoms with Gasteiger partial charge in [0.1, 0.15) is 17.4 Å². The van der Waals surface area contributed by atoms with Crippen molar-refractivity contribution in [2.75, 3.05) is 13.2 Å². The maximum atomic E-state index is 14.7. The second kappa shape index (κ2) is 10.5. The Labute approximate surface area is 215 Å². The van der Waals surface area contributed by atoms with Gasteiger partial charge in [0, 0.05) is 40.4 Å². The molecule has 1 fully saturated rings. The normalized spacial score (nSPS) is 15.9. The quantitative estimate of drug-likeness (QED) is 0.287. The van der Waals surface area contributed by atoms with Crippen LogP contribution in [0.4, 0.5) is 8.78 Å². The number of pyridine rings is 1. The zero-order valence-corrected chi connectivity index (χ0v) is 21.3. The molecule has 0 spiro atoms. The molecule has 6 heteroatoms. The third kappa shape index (κ3) is 5.23. The largest absolute Gasteiger partial charge is 0.492 e. The summed E-state index contributed by atoms with van der Waals surface area (Å²) in [4.78, 5) is 4.68. The highest BCUT2D eigenvalue weighted by atomic mass is 35.5. The van der Waals surface area contributed by atoms with E-state index in [1.165, 1.54) is 25.0 Å². The molecule has 1 aliphatic heterocycles. The van der Waals surface area contributed by atoms with Gasteiger partial charge in [0.25, 0.3) is 0 Å². The molecule has 1 unspecified atom stereocenters. The summed E-state index contributed by atoms with van der Waals surface area (Å²) >= 11 is 6.56. The van der Waals surface area contributed by atoms with E-state index in [1.807, 2.05) is 6.20 Å². The average molecular weight is 507 g/mol. The van der Waals surface area contributed by atoms with Crippen LogP contribution in [-0.4, -0.2) is 24.2 Å². The van der Waals surface area contributed by atoms with Crippen LogP contribution in [0.5, 0.6) is 5.75 Å². The lowest BCUT2D eigenvalue weighted by atomic mass is 9.97. The Bertz CT molecular complexity index is 1400. The maximum absolute atomic E-state index is 14.7. The molecule has 3 aromatic carbocycles. The Morgan fingerprint density at radius 2 is 1.78 bits per heavy atom. The van der Waals surface area contributed by atoms with Crippen molar-refractivity contribution in [3.05, 3.63) is 82.5 Å². The Kier molecular flexibility index (Phi) is 7.22. The molecular weight excluding hydrogens is 478 g/mol. The lowest BCUT2D eigenvalue weighted by Gasteiger charge is -2.24. The minimum absolute atomic E-state index is 0.234. The van der Waals surface area contributed by atoms with Crippen LogP contribution in [0.15, 0.2) is 54.7 Å². The zero-order chi connectivity index (χ0) is 25.2. The predicted octanol–water partition coefficient (Wildman–Crippen LogP) is 8.03. The maximum Gasteiger partial charge on any atom is 0.138 e. The number of nitrogens with one attached hydrogen (secondary N) is 1. The predicted molar refractivity (Wildman–Crippen MR) is 143 cm³/mol. The summed E-state index contributed by atoms with van der Waals surface area (Å²) in [5, 5.41) is 4.66. The topological polar surface area (TPSA) is 34.1 Å². The van der Waals surface area contributed by atoms with E-state index in [0.29, 0.717) is 34.5 Å². The first-order valence-corrected chi connectivity index (χ1v) is 12.8. The highest BCUT2D eigenvalue weighted by molar-refractivity contribution is 6.34. The molecule has 2 heterocycles. The summed E-state index contributed by atoms with van der Waals surface area (Å²) in [6, 6.07) is 13.8. The molecule has 0 saturated carbocycles. The fraction of sp³-hybridized carbons (Fsp3) is 0.300. The molecule has 0 aliphatic carbocycles. The monoisotopic (exact) mass is 506 g/mol. The molecule has 1 N–H and O–H groups in total. The standard InChI is InChI=1S/C30H29ClF2N2O/c1-18-11-19(2)13-20(12-18)26-17-35-29-16-27(31)24(23-7-6-21(32)14-28(23)33)15-25(29)30(26)36-10-8-22-5-3-4-9-34-22/h6-7,11-17,22,34H,3-5,8-10H2,1-2H3. The molecule has 1 atom stereocenters. The number of ether oxygens (including phenoxy) is 1. The van der Waals surface area contributed by atoms with Crippen LogP contribution < -0.4 is 10.1 Å². The van der Waals surface area contributed by atoms with Gasteiger partial charge in [-0.25, -0.2) is 8.78 Å². The summed E-state index contributed by atoms with van der Waals surface area (Å²) < 4.78 is 34.8. The van der Waals surface area contributed by atoms with Gasteiger partial charge in [0.05, 0.1) is 17.1 Å². The molecular formula is C30H29ClF2N2O. The van der Waals surface area contributed by atoms with Crippen LogP contribution >= 0.6 is 11.6 Å². The first-order chi connectivity index (χ1) is 17.4. The molecule has 0 amide bonds. The van der Waals surface area contributed by atoms with E-state index in [9.17, 15) is 8.78 Å². The van der Waals surface area contributed by atoms with Crippen LogP contribution in [0.2, 0.25) is 5.02 Å². The fourth-order valence-corrected chi connectivity index (χ4v) is 5.33. The van der Waals surface area contributed by atoms with Crippen molar-refractivity contribution in [1.82, 2.24) is 10.3 Å². The molecule has 4 aromatic rings. The van der Waals surface area contributed by atoms with Crippen molar-refractivity contribution < 1.29 is 13.5 Å². The second-order valence-electron chi connectivity index (χ2n) is 9.63. The zero-order valence-electron chi connectivity index (χ0n) is 20.5. The van der Waals surface area contributed by atoms with Gasteiger partial charge in [0.15, 0.2) is 0 Å². The van der Waals surface area contributed by atoms with E-state index in [-0.39, 0.29) is 5.56 Å². The van der Waals surface area contributed by atoms with Gasteiger partial charge in [-0.05, 0) is 69.5 Å². The Balaban J connectivity index is 1.63. The van der Waals surface area contributed by atoms with Crippen molar-refractivity contribution in [3.63, 3.8) is 0 Å². The average Bonchev–Trinajstić information content (AvgIpc) is 2.84. The first-order valence-electron chi connectivity index (χ1n) is 12.4. The number of benzene rings is 3. The number of aromatic nitrogens is 1. The molecule has 36 heavy (non-hydrogen) atoms. The third-order valence-electron chi connectivity index (χ3n) is 6.79. The van der Waals surface area contributed by atoms with Gasteiger partial charge in [-0.2, -0.15) is 0 Å². The van der Waals surface area contributed by atoms with Gasteiger partial charge >= 0.3 is 0 Å². The highest BCUT2D eigenvalue weighted by Crippen LogP contribution is 2.41. The van der Waals surface area contributed by atoms with Crippen LogP contribution in [0, 0.1) is 25.5 Å². The summed E-state index contributed by atoms with van der Waals surface area (Å²) in [7, 11) is 0. The summed E-state index contributed by atoms with van der Waals surface area (Å²) in [5.74, 6) is -0.603. The summed E-state index contributed by atoms with van der Waals surface area (Å²) in [6.45, 7) is 5.71. The minimum Gasteiger partial charge on any atom is -0.492 e. The van der Waals surface area contributed by atoms with Crippen LogP contribution in [0.25, 0.3) is 33.2 Å². The second-order valence-corrected chi connectivity index (χ2v) is 10.0. The lowest BCUT2D eigenvalue weighted by Crippen LogP contribution is -2.35. The Hall–Kier alpha value is -3.02. The summed E-state index contributed by atoms with van der Waals surface area (Å²) in [6.07, 6.45) is 6.30. The first kappa shape index (κ1) is 24.7. The van der Waals surface area contributed by atoms with Crippen LogP contribution in [-0.2, 0) is 0 Å². The van der Waals surface area contributed by atoms with Crippen LogP contribution in [0.1, 0.15) is 36.8 Å². The molecule has 0 radical (unpaired) electrons. The molecule has 0 bridgehead atoms. The highest BCUT2D eigenvalue weighted by Gasteiger charge is 2.19. The van der Waals surface area contributed by atoms with E-state index in [4.69, 9.17) is 16.3 Å². The fourth-order valence-electron chi connectivity index (χ4n) is 5.07. The van der Waals surface area contributed by atoms with Gasteiger partial charge in [-0.15, -0.1) is 0 Å². The van der Waals surface area contributed by atoms with Crippen molar-refractivity contribution in [2.45, 2.75) is 45.6 Å². The molecule has 1 aromatic heterocycles. The number of aryl methyl sites for hydroxylation is 2. The van der Waals surface area contributed by atoms with Gasteiger partial charge < -0.3 is 10.1 Å².